The number of benzene rings is 5. The molecular formula is C39H38N2O2. The van der Waals surface area contributed by atoms with Gasteiger partial charge in [0.05, 0.1) is 0 Å². The molecule has 0 radical (unpaired) electrons. The van der Waals surface area contributed by atoms with Crippen LogP contribution in [-0.2, 0) is 0 Å². The lowest BCUT2D eigenvalue weighted by atomic mass is 9.97. The number of aryl methyl sites for hydroxylation is 1. The van der Waals surface area contributed by atoms with Crippen LogP contribution in [0.15, 0.2) is 75.6 Å². The molecule has 0 amide bonds. The average Bonchev–Trinajstić information content (AvgIpc) is 3.56. The van der Waals surface area contributed by atoms with Crippen LogP contribution >= 0.6 is 0 Å². The molecule has 9 rings (SSSR count). The Morgan fingerprint density at radius 2 is 1.05 bits per heavy atom. The molecular weight excluding hydrogens is 528 g/mol. The molecule has 2 aliphatic heterocycles. The molecule has 0 N–H and O–H groups in total. The van der Waals surface area contributed by atoms with E-state index in [0.717, 1.165) is 87.5 Å². The Balaban J connectivity index is 1.20. The number of anilines is 2. The fourth-order valence-electron chi connectivity index (χ4n) is 7.75. The van der Waals surface area contributed by atoms with Gasteiger partial charge in [0.15, 0.2) is 0 Å². The van der Waals surface area contributed by atoms with Gasteiger partial charge in [-0.1, -0.05) is 26.0 Å². The predicted molar refractivity (Wildman–Crippen MR) is 182 cm³/mol. The Morgan fingerprint density at radius 1 is 0.535 bits per heavy atom. The number of nitrogens with zero attached hydrogens (tertiary/aromatic N) is 2. The van der Waals surface area contributed by atoms with E-state index in [-0.39, 0.29) is 0 Å². The van der Waals surface area contributed by atoms with Crippen molar-refractivity contribution in [3.63, 3.8) is 0 Å². The van der Waals surface area contributed by atoms with E-state index in [9.17, 15) is 0 Å². The molecule has 0 atom stereocenters. The molecule has 4 heterocycles. The lowest BCUT2D eigenvalue weighted by Gasteiger charge is -2.32. The van der Waals surface area contributed by atoms with Crippen LogP contribution in [0, 0.1) is 18.8 Å². The van der Waals surface area contributed by atoms with E-state index in [2.05, 4.69) is 97.3 Å². The number of hydrogen-bond acceptors (Lipinski definition) is 4. The fraction of sp³-hybridized carbons (Fsp3) is 0.333. The molecule has 4 nitrogen and oxygen atoms in total. The van der Waals surface area contributed by atoms with E-state index < -0.39 is 0 Å². The Labute approximate surface area is 251 Å². The van der Waals surface area contributed by atoms with Crippen molar-refractivity contribution < 1.29 is 8.83 Å². The number of furan rings is 2. The molecule has 2 aromatic heterocycles. The fourth-order valence-corrected chi connectivity index (χ4v) is 7.75. The monoisotopic (exact) mass is 566 g/mol. The van der Waals surface area contributed by atoms with E-state index in [1.165, 1.54) is 58.6 Å². The molecule has 0 saturated carbocycles. The highest BCUT2D eigenvalue weighted by Crippen LogP contribution is 2.44. The summed E-state index contributed by atoms with van der Waals surface area (Å²) in [4.78, 5) is 5.07. The van der Waals surface area contributed by atoms with Crippen molar-refractivity contribution >= 4 is 76.8 Å². The molecule has 0 aliphatic carbocycles. The molecule has 4 heteroatoms. The minimum absolute atomic E-state index is 0.824. The number of rotatable bonds is 2. The third kappa shape index (κ3) is 4.02. The summed E-state index contributed by atoms with van der Waals surface area (Å²) in [6.45, 7) is 11.4. The average molecular weight is 567 g/mol. The van der Waals surface area contributed by atoms with Gasteiger partial charge in [-0.3, -0.25) is 0 Å². The first-order chi connectivity index (χ1) is 21.0. The maximum atomic E-state index is 6.63. The van der Waals surface area contributed by atoms with E-state index in [1.54, 1.807) is 0 Å². The summed E-state index contributed by atoms with van der Waals surface area (Å²) in [5.41, 5.74) is 7.51. The zero-order valence-corrected chi connectivity index (χ0v) is 25.4. The van der Waals surface area contributed by atoms with Crippen molar-refractivity contribution in [2.75, 3.05) is 36.0 Å². The lowest BCUT2D eigenvalue weighted by Crippen LogP contribution is -2.32. The lowest BCUT2D eigenvalue weighted by molar-refractivity contribution is 0.438. The van der Waals surface area contributed by atoms with Crippen molar-refractivity contribution in [2.24, 2.45) is 11.8 Å². The Bertz CT molecular complexity index is 2200. The van der Waals surface area contributed by atoms with Crippen molar-refractivity contribution in [2.45, 2.75) is 46.5 Å². The third-order valence-corrected chi connectivity index (χ3v) is 10.5. The first-order valence-electron chi connectivity index (χ1n) is 16.2. The molecule has 2 saturated heterocycles. The molecule has 0 bridgehead atoms. The summed E-state index contributed by atoms with van der Waals surface area (Å²) in [5, 5.41) is 9.60. The van der Waals surface area contributed by atoms with Gasteiger partial charge in [-0.15, -0.1) is 0 Å². The normalized spacial score (nSPS) is 17.6. The summed E-state index contributed by atoms with van der Waals surface area (Å²) in [5.74, 6) is 1.65. The largest absolute Gasteiger partial charge is 0.456 e. The zero-order chi connectivity index (χ0) is 28.8. The molecule has 216 valence electrons. The zero-order valence-electron chi connectivity index (χ0n) is 25.4. The summed E-state index contributed by atoms with van der Waals surface area (Å²) in [6.07, 6.45) is 5.07. The highest BCUT2D eigenvalue weighted by atomic mass is 16.3. The van der Waals surface area contributed by atoms with Crippen LogP contribution in [-0.4, -0.2) is 26.2 Å². The van der Waals surface area contributed by atoms with Gasteiger partial charge in [0.1, 0.15) is 22.3 Å². The van der Waals surface area contributed by atoms with Gasteiger partial charge in [-0.05, 0) is 126 Å². The maximum Gasteiger partial charge on any atom is 0.139 e. The SMILES string of the molecule is Cc1cc2oc3cc4cc(N5CCC(C)CC5)ccc4cc3c2c2c1oc1cc3cc(N4CCC(C)CC4)ccc3cc12. The highest BCUT2D eigenvalue weighted by molar-refractivity contribution is 6.28. The Hall–Kier alpha value is -4.18. The first kappa shape index (κ1) is 25.3. The second-order valence-electron chi connectivity index (χ2n) is 13.6. The van der Waals surface area contributed by atoms with Gasteiger partial charge in [0, 0.05) is 59.1 Å². The molecule has 7 aromatic rings. The second-order valence-corrected chi connectivity index (χ2v) is 13.6. The summed E-state index contributed by atoms with van der Waals surface area (Å²) < 4.78 is 13.2. The van der Waals surface area contributed by atoms with Crippen LogP contribution in [0.5, 0.6) is 0 Å². The van der Waals surface area contributed by atoms with Crippen molar-refractivity contribution in [3.8, 4) is 0 Å². The van der Waals surface area contributed by atoms with E-state index in [0.29, 0.717) is 0 Å². The van der Waals surface area contributed by atoms with Crippen LogP contribution in [0.1, 0.15) is 45.1 Å². The highest BCUT2D eigenvalue weighted by Gasteiger charge is 2.21. The Kier molecular flexibility index (Phi) is 5.54. The first-order valence-corrected chi connectivity index (χ1v) is 16.2. The number of fused-ring (bicyclic) bond motifs is 9. The van der Waals surface area contributed by atoms with Crippen LogP contribution in [0.4, 0.5) is 11.4 Å². The topological polar surface area (TPSA) is 32.8 Å². The minimum Gasteiger partial charge on any atom is -0.456 e. The van der Waals surface area contributed by atoms with Crippen molar-refractivity contribution in [3.05, 3.63) is 72.3 Å². The van der Waals surface area contributed by atoms with Crippen LogP contribution < -0.4 is 9.80 Å². The van der Waals surface area contributed by atoms with Gasteiger partial charge < -0.3 is 18.6 Å². The minimum atomic E-state index is 0.824. The van der Waals surface area contributed by atoms with Crippen molar-refractivity contribution in [1.29, 1.82) is 0 Å². The molecule has 2 fully saturated rings. The quantitative estimate of drug-likeness (QED) is 0.208. The standard InChI is InChI=1S/C39H38N2O2/c1-23-8-12-40(13-9-23)30-6-4-26-19-32-34(21-28(26)17-30)42-36-16-25(3)39-38(37(32)36)33-20-27-5-7-31(18-29(27)22-35(33)43-39)41-14-10-24(2)11-15-41/h4-7,16-24H,8-15H2,1-3H3. The van der Waals surface area contributed by atoms with Gasteiger partial charge in [0.25, 0.3) is 0 Å². The molecule has 2 aliphatic rings. The van der Waals surface area contributed by atoms with E-state index in [4.69, 9.17) is 8.83 Å². The number of piperidine rings is 2. The second kappa shape index (κ2) is 9.41. The predicted octanol–water partition coefficient (Wildman–Crippen LogP) is 10.6. The summed E-state index contributed by atoms with van der Waals surface area (Å²) in [6, 6.07) is 25.1. The van der Waals surface area contributed by atoms with Gasteiger partial charge in [-0.2, -0.15) is 0 Å². The van der Waals surface area contributed by atoms with Gasteiger partial charge in [-0.25, -0.2) is 0 Å². The van der Waals surface area contributed by atoms with Crippen LogP contribution in [0.25, 0.3) is 65.4 Å². The van der Waals surface area contributed by atoms with Gasteiger partial charge in [0.2, 0.25) is 0 Å². The Morgan fingerprint density at radius 3 is 1.60 bits per heavy atom. The molecule has 0 unspecified atom stereocenters. The molecule has 0 spiro atoms. The van der Waals surface area contributed by atoms with Gasteiger partial charge >= 0.3 is 0 Å². The maximum absolute atomic E-state index is 6.63. The van der Waals surface area contributed by atoms with Crippen LogP contribution in [0.3, 0.4) is 0 Å². The summed E-state index contributed by atoms with van der Waals surface area (Å²) in [7, 11) is 0. The smallest absolute Gasteiger partial charge is 0.139 e. The van der Waals surface area contributed by atoms with Crippen molar-refractivity contribution in [1.82, 2.24) is 0 Å². The molecule has 5 aromatic carbocycles. The third-order valence-electron chi connectivity index (χ3n) is 10.5. The van der Waals surface area contributed by atoms with Crippen LogP contribution in [0.2, 0.25) is 0 Å². The van der Waals surface area contributed by atoms with E-state index in [1.807, 2.05) is 0 Å². The summed E-state index contributed by atoms with van der Waals surface area (Å²) >= 11 is 0. The molecule has 43 heavy (non-hydrogen) atoms. The number of hydrogen-bond donors (Lipinski definition) is 0. The van der Waals surface area contributed by atoms with E-state index >= 15 is 0 Å².